The fraction of sp³-hybridized carbons (Fsp3) is 0.480. The van der Waals surface area contributed by atoms with Gasteiger partial charge in [0.15, 0.2) is 0 Å². The van der Waals surface area contributed by atoms with Crippen LogP contribution in [0.15, 0.2) is 59.5 Å². The Labute approximate surface area is 192 Å². The minimum atomic E-state index is -3.87. The summed E-state index contributed by atoms with van der Waals surface area (Å²) in [5, 5.41) is 2.84. The molecule has 0 aromatic heterocycles. The third-order valence-electron chi connectivity index (χ3n) is 5.80. The number of aryl methyl sites for hydroxylation is 1. The molecular formula is C25H34N2O4S. The van der Waals surface area contributed by atoms with E-state index in [0.717, 1.165) is 24.8 Å². The number of ether oxygens (including phenoxy) is 1. The Morgan fingerprint density at radius 3 is 2.38 bits per heavy atom. The van der Waals surface area contributed by atoms with Crippen LogP contribution in [-0.2, 0) is 26.0 Å². The number of sulfonamides is 1. The van der Waals surface area contributed by atoms with E-state index in [9.17, 15) is 13.2 Å². The van der Waals surface area contributed by atoms with Gasteiger partial charge in [0, 0.05) is 13.2 Å². The number of hydrogen-bond acceptors (Lipinski definition) is 4. The van der Waals surface area contributed by atoms with Gasteiger partial charge in [-0.2, -0.15) is 0 Å². The van der Waals surface area contributed by atoms with E-state index in [-0.39, 0.29) is 17.3 Å². The van der Waals surface area contributed by atoms with Gasteiger partial charge in [0.2, 0.25) is 5.91 Å². The van der Waals surface area contributed by atoms with Crippen LogP contribution in [0.4, 0.5) is 5.69 Å². The number of nitrogens with one attached hydrogen (secondary N) is 1. The van der Waals surface area contributed by atoms with Crippen LogP contribution in [-0.4, -0.2) is 40.1 Å². The van der Waals surface area contributed by atoms with Crippen LogP contribution in [0.5, 0.6) is 0 Å². The van der Waals surface area contributed by atoms with Crippen LogP contribution >= 0.6 is 0 Å². The Bertz CT molecular complexity index is 940. The molecule has 32 heavy (non-hydrogen) atoms. The fourth-order valence-corrected chi connectivity index (χ4v) is 5.34. The molecule has 0 radical (unpaired) electrons. The summed E-state index contributed by atoms with van der Waals surface area (Å²) in [4.78, 5) is 12.8. The number of anilines is 1. The first-order valence-corrected chi connectivity index (χ1v) is 13.0. The van der Waals surface area contributed by atoms with Gasteiger partial charge in [-0.1, -0.05) is 56.5 Å². The van der Waals surface area contributed by atoms with Crippen LogP contribution in [0.1, 0.15) is 51.0 Å². The molecular weight excluding hydrogens is 424 g/mol. The lowest BCUT2D eigenvalue weighted by atomic mass is 9.98. The molecule has 1 aliphatic rings. The maximum absolute atomic E-state index is 13.3. The lowest BCUT2D eigenvalue weighted by Crippen LogP contribution is -2.41. The monoisotopic (exact) mass is 458 g/mol. The number of carbonyl (C=O) groups is 1. The van der Waals surface area contributed by atoms with E-state index in [0.29, 0.717) is 31.4 Å². The Morgan fingerprint density at radius 1 is 1.03 bits per heavy atom. The zero-order chi connectivity index (χ0) is 22.8. The maximum atomic E-state index is 13.3. The summed E-state index contributed by atoms with van der Waals surface area (Å²) in [5.41, 5.74) is 1.58. The van der Waals surface area contributed by atoms with Gasteiger partial charge in [0.1, 0.15) is 6.54 Å². The van der Waals surface area contributed by atoms with Crippen molar-refractivity contribution < 1.29 is 17.9 Å². The topological polar surface area (TPSA) is 75.7 Å². The molecule has 174 valence electrons. The van der Waals surface area contributed by atoms with Crippen molar-refractivity contribution in [3.8, 4) is 0 Å². The molecule has 2 aromatic rings. The van der Waals surface area contributed by atoms with Crippen LogP contribution < -0.4 is 9.62 Å². The second-order valence-corrected chi connectivity index (χ2v) is 10.0. The molecule has 7 heteroatoms. The Hall–Kier alpha value is -2.38. The van der Waals surface area contributed by atoms with Crippen molar-refractivity contribution in [1.82, 2.24) is 5.32 Å². The molecule has 0 heterocycles. The highest BCUT2D eigenvalue weighted by molar-refractivity contribution is 7.92. The third kappa shape index (κ3) is 6.81. The third-order valence-corrected chi connectivity index (χ3v) is 7.59. The van der Waals surface area contributed by atoms with E-state index < -0.39 is 10.0 Å². The van der Waals surface area contributed by atoms with Crippen molar-refractivity contribution in [2.75, 3.05) is 24.0 Å². The van der Waals surface area contributed by atoms with Crippen molar-refractivity contribution in [3.63, 3.8) is 0 Å². The molecule has 0 unspecified atom stereocenters. The quantitative estimate of drug-likeness (QED) is 0.510. The van der Waals surface area contributed by atoms with Crippen LogP contribution in [0, 0.1) is 0 Å². The molecule has 2 aromatic carbocycles. The SMILES string of the molecule is CCc1ccc(N(CC(=O)NCCCOC2CCCCC2)S(=O)(=O)c2ccccc2)cc1. The zero-order valence-corrected chi connectivity index (χ0v) is 19.6. The summed E-state index contributed by atoms with van der Waals surface area (Å²) >= 11 is 0. The Morgan fingerprint density at radius 2 is 1.72 bits per heavy atom. The number of amides is 1. The number of benzene rings is 2. The number of hydrogen-bond donors (Lipinski definition) is 1. The summed E-state index contributed by atoms with van der Waals surface area (Å²) in [6.07, 6.45) is 7.90. The van der Waals surface area contributed by atoms with E-state index in [4.69, 9.17) is 4.74 Å². The van der Waals surface area contributed by atoms with Crippen molar-refractivity contribution in [3.05, 3.63) is 60.2 Å². The van der Waals surface area contributed by atoms with Crippen molar-refractivity contribution >= 4 is 21.6 Å². The molecule has 0 atom stereocenters. The lowest BCUT2D eigenvalue weighted by Gasteiger charge is -2.24. The highest BCUT2D eigenvalue weighted by Gasteiger charge is 2.27. The minimum Gasteiger partial charge on any atom is -0.378 e. The molecule has 0 saturated heterocycles. The molecule has 3 rings (SSSR count). The average Bonchev–Trinajstić information content (AvgIpc) is 2.83. The maximum Gasteiger partial charge on any atom is 0.264 e. The van der Waals surface area contributed by atoms with E-state index in [1.54, 1.807) is 42.5 Å². The van der Waals surface area contributed by atoms with E-state index in [1.165, 1.54) is 23.6 Å². The van der Waals surface area contributed by atoms with Gasteiger partial charge in [0.25, 0.3) is 10.0 Å². The molecule has 0 spiro atoms. The minimum absolute atomic E-state index is 0.160. The first kappa shape index (κ1) is 24.3. The number of carbonyl (C=O) groups excluding carboxylic acids is 1. The van der Waals surface area contributed by atoms with Crippen LogP contribution in [0.25, 0.3) is 0 Å². The standard InChI is InChI=1S/C25H34N2O4S/c1-2-21-14-16-22(17-15-21)27(32(29,30)24-12-7-4-8-13-24)20-25(28)26-18-9-19-31-23-10-5-3-6-11-23/h4,7-8,12-17,23H,2-3,5-6,9-11,18-20H2,1H3,(H,26,28). The van der Waals surface area contributed by atoms with Crippen LogP contribution in [0.2, 0.25) is 0 Å². The molecule has 1 N–H and O–H groups in total. The molecule has 0 aliphatic heterocycles. The lowest BCUT2D eigenvalue weighted by molar-refractivity contribution is -0.119. The van der Waals surface area contributed by atoms with Crippen molar-refractivity contribution in [1.29, 1.82) is 0 Å². The van der Waals surface area contributed by atoms with E-state index >= 15 is 0 Å². The first-order valence-electron chi connectivity index (χ1n) is 11.6. The van der Waals surface area contributed by atoms with E-state index in [1.807, 2.05) is 19.1 Å². The van der Waals surface area contributed by atoms with Crippen LogP contribution in [0.3, 0.4) is 0 Å². The molecule has 1 saturated carbocycles. The highest BCUT2D eigenvalue weighted by Crippen LogP contribution is 2.24. The molecule has 6 nitrogen and oxygen atoms in total. The van der Waals surface area contributed by atoms with E-state index in [2.05, 4.69) is 5.32 Å². The predicted molar refractivity (Wildman–Crippen MR) is 127 cm³/mol. The average molecular weight is 459 g/mol. The second kappa shape index (κ2) is 12.0. The summed E-state index contributed by atoms with van der Waals surface area (Å²) < 4.78 is 33.7. The molecule has 1 amide bonds. The highest BCUT2D eigenvalue weighted by atomic mass is 32.2. The summed E-state index contributed by atoms with van der Waals surface area (Å²) in [6.45, 7) is 2.83. The number of rotatable bonds is 11. The molecule has 1 aliphatic carbocycles. The van der Waals surface area contributed by atoms with Gasteiger partial charge in [-0.3, -0.25) is 9.10 Å². The van der Waals surface area contributed by atoms with Crippen molar-refractivity contribution in [2.45, 2.75) is 62.9 Å². The van der Waals surface area contributed by atoms with Gasteiger partial charge in [-0.25, -0.2) is 8.42 Å². The largest absolute Gasteiger partial charge is 0.378 e. The summed E-state index contributed by atoms with van der Waals surface area (Å²) in [6, 6.07) is 15.5. The summed E-state index contributed by atoms with van der Waals surface area (Å²) in [5.74, 6) is -0.332. The smallest absolute Gasteiger partial charge is 0.264 e. The Balaban J connectivity index is 1.61. The fourth-order valence-electron chi connectivity index (χ4n) is 3.90. The summed E-state index contributed by atoms with van der Waals surface area (Å²) in [7, 11) is -3.87. The zero-order valence-electron chi connectivity index (χ0n) is 18.8. The van der Waals surface area contributed by atoms with Gasteiger partial charge >= 0.3 is 0 Å². The second-order valence-electron chi connectivity index (χ2n) is 8.18. The normalized spacial score (nSPS) is 14.8. The van der Waals surface area contributed by atoms with Gasteiger partial charge in [-0.05, 0) is 55.5 Å². The van der Waals surface area contributed by atoms with Gasteiger partial charge in [0.05, 0.1) is 16.7 Å². The molecule has 1 fully saturated rings. The number of nitrogens with zero attached hydrogens (tertiary/aromatic N) is 1. The predicted octanol–water partition coefficient (Wildman–Crippen LogP) is 4.30. The van der Waals surface area contributed by atoms with Gasteiger partial charge < -0.3 is 10.1 Å². The Kier molecular flexibility index (Phi) is 9.11. The van der Waals surface area contributed by atoms with Gasteiger partial charge in [-0.15, -0.1) is 0 Å². The first-order chi connectivity index (χ1) is 15.5. The molecule has 0 bridgehead atoms. The van der Waals surface area contributed by atoms with Crippen molar-refractivity contribution in [2.24, 2.45) is 0 Å².